The molecule has 0 spiro atoms. The zero-order valence-corrected chi connectivity index (χ0v) is 18.5. The molecule has 0 heterocycles. The van der Waals surface area contributed by atoms with Crippen LogP contribution in [0.25, 0.3) is 11.1 Å². The summed E-state index contributed by atoms with van der Waals surface area (Å²) in [4.78, 5) is 11.6. The van der Waals surface area contributed by atoms with Gasteiger partial charge in [-0.3, -0.25) is 4.79 Å². The van der Waals surface area contributed by atoms with E-state index in [-0.39, 0.29) is 33.2 Å². The molecule has 1 amide bonds. The van der Waals surface area contributed by atoms with Crippen molar-refractivity contribution in [3.8, 4) is 16.9 Å². The highest BCUT2D eigenvalue weighted by molar-refractivity contribution is 7.91. The number of benzene rings is 3. The van der Waals surface area contributed by atoms with Gasteiger partial charge in [-0.2, -0.15) is 13.2 Å². The molecular weight excluding hydrogens is 483 g/mol. The van der Waals surface area contributed by atoms with Crippen LogP contribution in [-0.2, 0) is 14.6 Å². The lowest BCUT2D eigenvalue weighted by atomic mass is 10.1. The predicted octanol–water partition coefficient (Wildman–Crippen LogP) is 4.80. The number of phenolic OH excluding ortho intramolecular Hbond substituents is 1. The number of rotatable bonds is 5. The molecule has 3 rings (SSSR count). The van der Waals surface area contributed by atoms with E-state index in [1.807, 2.05) is 5.32 Å². The molecule has 3 aromatic carbocycles. The molecule has 6 nitrogen and oxygen atoms in total. The number of alkyl halides is 3. The maximum atomic E-state index is 13.3. The lowest BCUT2D eigenvalue weighted by molar-refractivity contribution is -0.242. The van der Waals surface area contributed by atoms with Crippen molar-refractivity contribution in [1.82, 2.24) is 0 Å². The van der Waals surface area contributed by atoms with Crippen LogP contribution in [0.3, 0.4) is 0 Å². The number of aromatic hydroxyl groups is 1. The van der Waals surface area contributed by atoms with Crippen LogP contribution in [0, 0.1) is 0 Å². The number of carbonyl (C=O) groups excluding carboxylic acids is 1. The first-order chi connectivity index (χ1) is 15.2. The summed E-state index contributed by atoms with van der Waals surface area (Å²) < 4.78 is 65.1. The molecule has 0 aliphatic heterocycles. The number of sulfone groups is 1. The SMILES string of the molecule is CC(O)(C(=O)Nc1ccc(S(=O)(=O)c2ccccc2-c2ccc(O)cc2)cc1Cl)C(F)(F)F. The highest BCUT2D eigenvalue weighted by Gasteiger charge is 2.55. The van der Waals surface area contributed by atoms with E-state index < -0.39 is 27.5 Å². The van der Waals surface area contributed by atoms with Crippen LogP contribution in [0.4, 0.5) is 18.9 Å². The monoisotopic (exact) mass is 499 g/mol. The van der Waals surface area contributed by atoms with Crippen LogP contribution in [-0.4, -0.2) is 36.3 Å². The quantitative estimate of drug-likeness (QED) is 0.468. The van der Waals surface area contributed by atoms with E-state index in [9.17, 15) is 36.6 Å². The summed E-state index contributed by atoms with van der Waals surface area (Å²) in [5.74, 6) is -1.77. The zero-order valence-electron chi connectivity index (χ0n) is 16.9. The van der Waals surface area contributed by atoms with Gasteiger partial charge in [-0.1, -0.05) is 41.9 Å². The topological polar surface area (TPSA) is 104 Å². The molecule has 0 aliphatic carbocycles. The fourth-order valence-electron chi connectivity index (χ4n) is 2.84. The maximum Gasteiger partial charge on any atom is 0.426 e. The van der Waals surface area contributed by atoms with Crippen LogP contribution in [0.15, 0.2) is 76.5 Å². The molecule has 0 aliphatic rings. The number of halogens is 4. The van der Waals surface area contributed by atoms with Crippen LogP contribution < -0.4 is 5.32 Å². The molecule has 1 atom stereocenters. The molecule has 3 aromatic rings. The van der Waals surface area contributed by atoms with Crippen molar-refractivity contribution in [3.63, 3.8) is 0 Å². The summed E-state index contributed by atoms with van der Waals surface area (Å²) in [6.45, 7) is 0.287. The third-order valence-electron chi connectivity index (χ3n) is 4.85. The average Bonchev–Trinajstić information content (AvgIpc) is 2.74. The number of anilines is 1. The first-order valence-electron chi connectivity index (χ1n) is 9.29. The molecule has 0 aromatic heterocycles. The average molecular weight is 500 g/mol. The van der Waals surface area contributed by atoms with Crippen molar-refractivity contribution in [2.75, 3.05) is 5.32 Å². The molecule has 3 N–H and O–H groups in total. The summed E-state index contributed by atoms with van der Waals surface area (Å²) >= 11 is 6.04. The van der Waals surface area contributed by atoms with E-state index in [1.54, 1.807) is 24.3 Å². The van der Waals surface area contributed by atoms with Gasteiger partial charge in [-0.05, 0) is 48.9 Å². The Labute approximate surface area is 192 Å². The summed E-state index contributed by atoms with van der Waals surface area (Å²) in [5, 5.41) is 20.5. The number of carbonyl (C=O) groups is 1. The van der Waals surface area contributed by atoms with Gasteiger partial charge in [0.2, 0.25) is 15.4 Å². The molecule has 0 bridgehead atoms. The lowest BCUT2D eigenvalue weighted by Crippen LogP contribution is -2.52. The van der Waals surface area contributed by atoms with Crippen LogP contribution in [0.1, 0.15) is 6.92 Å². The van der Waals surface area contributed by atoms with Gasteiger partial charge in [0, 0.05) is 5.56 Å². The summed E-state index contributed by atoms with van der Waals surface area (Å²) in [7, 11) is -4.14. The Morgan fingerprint density at radius 2 is 1.61 bits per heavy atom. The third-order valence-corrected chi connectivity index (χ3v) is 6.97. The van der Waals surface area contributed by atoms with Crippen molar-refractivity contribution < 1.29 is 36.6 Å². The summed E-state index contributed by atoms with van der Waals surface area (Å²) in [5.41, 5.74) is -3.11. The molecule has 33 heavy (non-hydrogen) atoms. The second kappa shape index (κ2) is 8.69. The number of nitrogens with one attached hydrogen (secondary N) is 1. The van der Waals surface area contributed by atoms with E-state index in [2.05, 4.69) is 0 Å². The normalized spacial score (nSPS) is 13.9. The number of hydrogen-bond donors (Lipinski definition) is 3. The standard InChI is InChI=1S/C22H17ClF3NO5S/c1-21(30,22(24,25)26)20(29)27-18-11-10-15(12-17(18)23)33(31,32)19-5-3-2-4-16(19)13-6-8-14(28)9-7-13/h2-12,28,30H,1H3,(H,27,29). The van der Waals surface area contributed by atoms with Crippen LogP contribution in [0.2, 0.25) is 5.02 Å². The molecular formula is C22H17ClF3NO5S. The number of amides is 1. The molecule has 174 valence electrons. The predicted molar refractivity (Wildman–Crippen MR) is 116 cm³/mol. The van der Waals surface area contributed by atoms with Crippen molar-refractivity contribution in [1.29, 1.82) is 0 Å². The van der Waals surface area contributed by atoms with Crippen LogP contribution >= 0.6 is 11.6 Å². The van der Waals surface area contributed by atoms with Crippen molar-refractivity contribution >= 4 is 33.0 Å². The van der Waals surface area contributed by atoms with Gasteiger partial charge in [0.1, 0.15) is 5.75 Å². The van der Waals surface area contributed by atoms with Gasteiger partial charge in [-0.15, -0.1) is 0 Å². The van der Waals surface area contributed by atoms with E-state index in [0.717, 1.165) is 18.2 Å². The molecule has 0 fully saturated rings. The van der Waals surface area contributed by atoms with Gasteiger partial charge in [-0.25, -0.2) is 8.42 Å². The third kappa shape index (κ3) is 4.82. The largest absolute Gasteiger partial charge is 0.508 e. The Bertz CT molecular complexity index is 1310. The molecule has 0 saturated carbocycles. The van der Waals surface area contributed by atoms with Gasteiger partial charge in [0.05, 0.1) is 20.5 Å². The molecule has 0 saturated heterocycles. The highest BCUT2D eigenvalue weighted by Crippen LogP contribution is 2.36. The van der Waals surface area contributed by atoms with Crippen molar-refractivity contribution in [3.05, 3.63) is 71.8 Å². The number of aliphatic hydroxyl groups is 1. The second-order valence-electron chi connectivity index (χ2n) is 7.21. The highest BCUT2D eigenvalue weighted by atomic mass is 35.5. The molecule has 11 heteroatoms. The Balaban J connectivity index is 1.98. The minimum absolute atomic E-state index is 0.00741. The minimum Gasteiger partial charge on any atom is -0.508 e. The number of hydrogen-bond acceptors (Lipinski definition) is 5. The Morgan fingerprint density at radius 3 is 2.18 bits per heavy atom. The maximum absolute atomic E-state index is 13.3. The van der Waals surface area contributed by atoms with E-state index >= 15 is 0 Å². The van der Waals surface area contributed by atoms with Crippen molar-refractivity contribution in [2.24, 2.45) is 0 Å². The van der Waals surface area contributed by atoms with E-state index in [4.69, 9.17) is 11.6 Å². The van der Waals surface area contributed by atoms with E-state index in [1.165, 1.54) is 24.3 Å². The Morgan fingerprint density at radius 1 is 1.00 bits per heavy atom. The Kier molecular flexibility index (Phi) is 6.47. The van der Waals surface area contributed by atoms with Gasteiger partial charge >= 0.3 is 6.18 Å². The van der Waals surface area contributed by atoms with Gasteiger partial charge in [0.25, 0.3) is 5.91 Å². The first-order valence-corrected chi connectivity index (χ1v) is 11.1. The van der Waals surface area contributed by atoms with Crippen molar-refractivity contribution in [2.45, 2.75) is 28.5 Å². The zero-order chi connectivity index (χ0) is 24.6. The van der Waals surface area contributed by atoms with Gasteiger partial charge in [0.15, 0.2) is 0 Å². The summed E-state index contributed by atoms with van der Waals surface area (Å²) in [6, 6.07) is 15.1. The number of phenols is 1. The lowest BCUT2D eigenvalue weighted by Gasteiger charge is -2.25. The van der Waals surface area contributed by atoms with Crippen LogP contribution in [0.5, 0.6) is 5.75 Å². The van der Waals surface area contributed by atoms with Gasteiger partial charge < -0.3 is 15.5 Å². The fraction of sp³-hybridized carbons (Fsp3) is 0.136. The summed E-state index contributed by atoms with van der Waals surface area (Å²) in [6.07, 6.45) is -5.23. The molecule has 0 radical (unpaired) electrons. The first kappa shape index (κ1) is 24.6. The second-order valence-corrected chi connectivity index (χ2v) is 9.54. The Hall–Kier alpha value is -3.08. The minimum atomic E-state index is -5.23. The van der Waals surface area contributed by atoms with E-state index in [0.29, 0.717) is 11.1 Å². The fourth-order valence-corrected chi connectivity index (χ4v) is 4.64. The smallest absolute Gasteiger partial charge is 0.426 e. The molecule has 1 unspecified atom stereocenters.